The number of aliphatic carboxylic acids is 2. The van der Waals surface area contributed by atoms with Crippen molar-refractivity contribution in [3.63, 3.8) is 0 Å². The number of amides is 1. The number of halogens is 3. The molecule has 2 aromatic heterocycles. The number of rotatable bonds is 11. The molecule has 0 aliphatic carbocycles. The van der Waals surface area contributed by atoms with Crippen LogP contribution in [0.25, 0.3) is 11.0 Å². The molecule has 2 aromatic carbocycles. The number of ether oxygens (including phenoxy) is 2. The van der Waals surface area contributed by atoms with Gasteiger partial charge in [-0.1, -0.05) is 6.07 Å². The Morgan fingerprint density at radius 2 is 1.67 bits per heavy atom. The van der Waals surface area contributed by atoms with Gasteiger partial charge in [0, 0.05) is 36.6 Å². The number of benzene rings is 2. The van der Waals surface area contributed by atoms with E-state index in [2.05, 4.69) is 15.0 Å². The smallest absolute Gasteiger partial charge is 0.479 e. The number of aliphatic hydroxyl groups excluding tert-OH is 3. The zero-order chi connectivity index (χ0) is 39.9. The molecule has 0 bridgehead atoms. The molecule has 0 spiro atoms. The van der Waals surface area contributed by atoms with Gasteiger partial charge in [-0.05, 0) is 54.6 Å². The highest BCUT2D eigenvalue weighted by Crippen LogP contribution is 2.25. The van der Waals surface area contributed by atoms with Gasteiger partial charge in [0.2, 0.25) is 0 Å². The van der Waals surface area contributed by atoms with E-state index in [9.17, 15) is 48.0 Å². The van der Waals surface area contributed by atoms with Gasteiger partial charge >= 0.3 is 24.1 Å². The summed E-state index contributed by atoms with van der Waals surface area (Å²) in [5.74, 6) is -4.95. The van der Waals surface area contributed by atoms with Crippen LogP contribution < -0.4 is 16.0 Å². The third-order valence-electron chi connectivity index (χ3n) is 7.89. The molecule has 54 heavy (non-hydrogen) atoms. The number of carboxylic acids is 2. The van der Waals surface area contributed by atoms with Crippen LogP contribution in [0.5, 0.6) is 0 Å². The van der Waals surface area contributed by atoms with Gasteiger partial charge in [-0.2, -0.15) is 13.2 Å². The molecule has 4 aromatic rings. The topological polar surface area (TPSA) is 284 Å². The largest absolute Gasteiger partial charge is 0.490 e. The van der Waals surface area contributed by atoms with Crippen molar-refractivity contribution in [2.75, 3.05) is 16.8 Å². The quantitative estimate of drug-likeness (QED) is 0.0601. The molecule has 0 saturated carbocycles. The summed E-state index contributed by atoms with van der Waals surface area (Å²) >= 11 is 0. The van der Waals surface area contributed by atoms with E-state index in [0.29, 0.717) is 23.4 Å². The van der Waals surface area contributed by atoms with Crippen molar-refractivity contribution in [1.82, 2.24) is 14.5 Å². The average molecular weight is 762 g/mol. The maximum absolute atomic E-state index is 13.8. The number of anilines is 2. The number of alkyl halides is 3. The van der Waals surface area contributed by atoms with Crippen molar-refractivity contribution < 1.29 is 67.4 Å². The molecule has 9 N–H and O–H groups in total. The van der Waals surface area contributed by atoms with Crippen LogP contribution in [0.4, 0.5) is 24.7 Å². The number of carbonyl (C=O) groups is 4. The minimum atomic E-state index is -5.08. The van der Waals surface area contributed by atoms with Gasteiger partial charge in [-0.25, -0.2) is 19.6 Å². The number of esters is 1. The van der Waals surface area contributed by atoms with Gasteiger partial charge in [-0.15, -0.1) is 0 Å². The molecule has 288 valence electrons. The molecule has 3 heterocycles. The van der Waals surface area contributed by atoms with Gasteiger partial charge < -0.3 is 50.6 Å². The van der Waals surface area contributed by atoms with E-state index < -0.39 is 67.1 Å². The summed E-state index contributed by atoms with van der Waals surface area (Å²) in [6, 6.07) is 17.0. The molecule has 1 fully saturated rings. The van der Waals surface area contributed by atoms with Crippen molar-refractivity contribution in [3.05, 3.63) is 83.8 Å². The third kappa shape index (κ3) is 9.83. The maximum atomic E-state index is 13.8. The molecule has 1 unspecified atom stereocenters. The molecule has 21 heteroatoms. The number of carboxylic acid groups (broad SMARTS) is 2. The molecule has 1 saturated heterocycles. The van der Waals surface area contributed by atoms with Crippen LogP contribution in [0.2, 0.25) is 0 Å². The second kappa shape index (κ2) is 17.1. The predicted molar refractivity (Wildman–Crippen MR) is 180 cm³/mol. The highest BCUT2D eigenvalue weighted by molar-refractivity contribution is 6.07. The predicted octanol–water partition coefficient (Wildman–Crippen LogP) is 0.970. The number of imidazole rings is 1. The van der Waals surface area contributed by atoms with E-state index >= 15 is 0 Å². The molecular weight excluding hydrogens is 727 g/mol. The van der Waals surface area contributed by atoms with E-state index in [4.69, 9.17) is 30.8 Å². The van der Waals surface area contributed by atoms with Gasteiger partial charge in [0.15, 0.2) is 18.5 Å². The van der Waals surface area contributed by atoms with E-state index in [1.165, 1.54) is 11.1 Å². The zero-order valence-corrected chi connectivity index (χ0v) is 28.0. The molecule has 0 radical (unpaired) electrons. The highest BCUT2D eigenvalue weighted by atomic mass is 19.4. The first-order valence-electron chi connectivity index (χ1n) is 15.7. The van der Waals surface area contributed by atoms with Crippen LogP contribution in [0.3, 0.4) is 0 Å². The van der Waals surface area contributed by atoms with Crippen LogP contribution in [0, 0.1) is 5.41 Å². The third-order valence-corrected chi connectivity index (χ3v) is 7.89. The molecule has 5 rings (SSSR count). The average Bonchev–Trinajstić information content (AvgIpc) is 3.45. The maximum Gasteiger partial charge on any atom is 0.490 e. The van der Waals surface area contributed by atoms with Crippen molar-refractivity contribution in [2.24, 2.45) is 12.8 Å². The number of hydrogen-bond donors (Lipinski definition) is 8. The minimum Gasteiger partial charge on any atom is -0.479 e. The number of nitrogens with zero attached hydrogens (tertiary/aromatic N) is 4. The summed E-state index contributed by atoms with van der Waals surface area (Å²) in [5, 5.41) is 57.5. The Balaban J connectivity index is 0.000000845. The summed E-state index contributed by atoms with van der Waals surface area (Å²) < 4.78 is 43.5. The number of pyridine rings is 1. The van der Waals surface area contributed by atoms with Crippen LogP contribution in [-0.4, -0.2) is 113 Å². The number of nitrogen functional groups attached to an aromatic ring is 1. The molecular formula is C33H34F3N7O11. The number of aromatic nitrogens is 3. The zero-order valence-electron chi connectivity index (χ0n) is 28.0. The lowest BCUT2D eigenvalue weighted by molar-refractivity contribution is -0.283. The normalized spacial score (nSPS) is 19.6. The number of nitrogens with two attached hydrogens (primary N) is 1. The summed E-state index contributed by atoms with van der Waals surface area (Å²) in [7, 11) is 1.85. The lowest BCUT2D eigenvalue weighted by atomic mass is 9.98. The van der Waals surface area contributed by atoms with Crippen LogP contribution >= 0.6 is 0 Å². The number of fused-ring (bicyclic) bond motifs is 1. The van der Waals surface area contributed by atoms with Gasteiger partial charge in [-0.3, -0.25) is 19.9 Å². The van der Waals surface area contributed by atoms with Crippen LogP contribution in [-0.2, 0) is 37.4 Å². The Morgan fingerprint density at radius 3 is 2.24 bits per heavy atom. The van der Waals surface area contributed by atoms with E-state index in [1.54, 1.807) is 48.5 Å². The summed E-state index contributed by atoms with van der Waals surface area (Å²) in [4.78, 5) is 57.1. The summed E-state index contributed by atoms with van der Waals surface area (Å²) in [6.45, 7) is 0.143. The number of hydrogen-bond acceptors (Lipinski definition) is 13. The monoisotopic (exact) mass is 761 g/mol. The molecule has 5 atom stereocenters. The van der Waals surface area contributed by atoms with E-state index in [-0.39, 0.29) is 23.8 Å². The lowest BCUT2D eigenvalue weighted by Crippen LogP contribution is -2.61. The van der Waals surface area contributed by atoms with Gasteiger partial charge in [0.25, 0.3) is 5.91 Å². The second-order valence-corrected chi connectivity index (χ2v) is 11.6. The highest BCUT2D eigenvalue weighted by Gasteiger charge is 2.49. The fraction of sp³-hybridized carbons (Fsp3) is 0.303. The molecule has 1 aliphatic rings. The standard InChI is InChI=1S/C31H33N7O9.C2HF3O2/c1-37-20-10-7-17(14-19(20)36-22(37)15-35-18-8-5-16(6-9-18)28(32)33)29(42)38(21-4-2-3-12-34-21)13-11-23(39)46-26-24(40)27(30(43)44)47-31(45)25(26)41;3-2(4,5)1(6)7/h2-10,12,14,24-27,31,35,40-41,45H,11,13,15H2,1H3,(H3,32,33)(H,43,44);(H,6,7)/t24-,25+,26-,27-,31?;/m0./s1. The number of aryl methyl sites for hydroxylation is 1. The first-order valence-corrected chi connectivity index (χ1v) is 15.7. The van der Waals surface area contributed by atoms with Crippen LogP contribution in [0.1, 0.15) is 28.2 Å². The van der Waals surface area contributed by atoms with Crippen molar-refractivity contribution in [1.29, 1.82) is 5.41 Å². The van der Waals surface area contributed by atoms with Gasteiger partial charge in [0.05, 0.1) is 24.0 Å². The SMILES string of the molecule is Cn1c(CNc2ccc(C(=N)N)cc2)nc2cc(C(=O)N(CCC(=O)O[C@H]3[C@H](O)[C@@H](C(=O)O)OC(O)[C@@H]3O)c3ccccn3)ccc21.O=C(O)C(F)(F)F. The number of amidine groups is 1. The summed E-state index contributed by atoms with van der Waals surface area (Å²) in [6.07, 6.45) is -13.6. The van der Waals surface area contributed by atoms with Crippen LogP contribution in [0.15, 0.2) is 66.9 Å². The fourth-order valence-corrected chi connectivity index (χ4v) is 5.08. The number of carbonyl (C=O) groups excluding carboxylic acids is 2. The first-order chi connectivity index (χ1) is 25.4. The Morgan fingerprint density at radius 1 is 1.02 bits per heavy atom. The molecule has 1 amide bonds. The Hall–Kier alpha value is -6.16. The molecule has 18 nitrogen and oxygen atoms in total. The lowest BCUT2D eigenvalue weighted by Gasteiger charge is -2.38. The van der Waals surface area contributed by atoms with E-state index in [0.717, 1.165) is 11.2 Å². The van der Waals surface area contributed by atoms with Gasteiger partial charge in [0.1, 0.15) is 29.7 Å². The van der Waals surface area contributed by atoms with Crippen molar-refractivity contribution >= 4 is 52.2 Å². The van der Waals surface area contributed by atoms with E-state index in [1.807, 2.05) is 23.7 Å². The minimum absolute atomic E-state index is 0.0233. The number of aliphatic hydroxyl groups is 3. The Bertz CT molecular complexity index is 2000. The van der Waals surface area contributed by atoms with Crippen molar-refractivity contribution in [3.8, 4) is 0 Å². The first kappa shape index (κ1) is 40.6. The Kier molecular flexibility index (Phi) is 12.9. The fourth-order valence-electron chi connectivity index (χ4n) is 5.08. The summed E-state index contributed by atoms with van der Waals surface area (Å²) in [5.41, 5.74) is 8.52. The van der Waals surface area contributed by atoms with Crippen molar-refractivity contribution in [2.45, 2.75) is 49.8 Å². The Labute approximate surface area is 302 Å². The number of nitrogens with one attached hydrogen (secondary N) is 2. The molecule has 1 aliphatic heterocycles. The second-order valence-electron chi connectivity index (χ2n) is 11.6.